The predicted octanol–water partition coefficient (Wildman–Crippen LogP) is 3.90. The zero-order valence-corrected chi connectivity index (χ0v) is 19.9. The fourth-order valence-corrected chi connectivity index (χ4v) is 4.49. The van der Waals surface area contributed by atoms with Crippen LogP contribution in [0, 0.1) is 0 Å². The van der Waals surface area contributed by atoms with Gasteiger partial charge in [0.1, 0.15) is 17.6 Å². The fraction of sp³-hybridized carbons (Fsp3) is 0.207. The number of hydrogen-bond acceptors (Lipinski definition) is 4. The Morgan fingerprint density at radius 2 is 1.42 bits per heavy atom. The zero-order valence-electron chi connectivity index (χ0n) is 19.9. The van der Waals surface area contributed by atoms with Gasteiger partial charge >= 0.3 is 5.69 Å². The average Bonchev–Trinajstić information content (AvgIpc) is 3.30. The number of amides is 1. The van der Waals surface area contributed by atoms with Gasteiger partial charge in [-0.15, -0.1) is 0 Å². The number of para-hydroxylation sites is 1. The van der Waals surface area contributed by atoms with E-state index in [1.165, 1.54) is 14.7 Å². The minimum atomic E-state index is -0.519. The number of carbonyl (C=O) groups is 1. The molecule has 0 aliphatic carbocycles. The van der Waals surface area contributed by atoms with Crippen molar-refractivity contribution in [1.82, 2.24) is 14.5 Å². The number of furan rings is 1. The molecule has 0 aliphatic heterocycles. The van der Waals surface area contributed by atoms with E-state index >= 15 is 0 Å². The molecule has 1 N–H and O–H groups in total. The van der Waals surface area contributed by atoms with Crippen molar-refractivity contribution >= 4 is 28.0 Å². The maximum atomic E-state index is 13.5. The van der Waals surface area contributed by atoms with Gasteiger partial charge in [-0.25, -0.2) is 4.79 Å². The lowest BCUT2D eigenvalue weighted by molar-refractivity contribution is -0.121. The molecule has 0 fully saturated rings. The van der Waals surface area contributed by atoms with E-state index in [1.807, 2.05) is 54.6 Å². The number of nitrogens with zero attached hydrogens (tertiary/aromatic N) is 2. The van der Waals surface area contributed by atoms with Gasteiger partial charge in [-0.05, 0) is 42.5 Å². The number of nitrogens with one attached hydrogen (secondary N) is 1. The van der Waals surface area contributed by atoms with Gasteiger partial charge in [0.25, 0.3) is 5.56 Å². The molecular weight excluding hydrogens is 454 g/mol. The number of hydrogen-bond donors (Lipinski definition) is 1. The van der Waals surface area contributed by atoms with Crippen LogP contribution in [0.3, 0.4) is 0 Å². The molecule has 5 rings (SSSR count). The Balaban J connectivity index is 1.43. The van der Waals surface area contributed by atoms with Crippen molar-refractivity contribution < 1.29 is 9.21 Å². The molecule has 0 saturated heterocycles. The summed E-state index contributed by atoms with van der Waals surface area (Å²) in [5.41, 5.74) is 2.16. The number of carbonyl (C=O) groups excluding carboxylic acids is 1. The first-order chi connectivity index (χ1) is 17.6. The lowest BCUT2D eigenvalue weighted by Crippen LogP contribution is -2.42. The third-order valence-corrected chi connectivity index (χ3v) is 6.32. The van der Waals surface area contributed by atoms with Crippen molar-refractivity contribution in [3.8, 4) is 0 Å². The van der Waals surface area contributed by atoms with E-state index < -0.39 is 11.2 Å². The van der Waals surface area contributed by atoms with Gasteiger partial charge in [0, 0.05) is 18.5 Å². The molecule has 0 spiro atoms. The van der Waals surface area contributed by atoms with Crippen LogP contribution in [0.15, 0.2) is 98.9 Å². The standard InChI is InChI=1S/C29H27N3O4/c33-25(30-18-9-14-21-10-3-1-4-11-21)20-32-26-23-15-7-8-16-24(23)36-27(26)28(34)31(29(32)35)19-17-22-12-5-2-6-13-22/h1-8,10-13,15-16H,9,14,17-20H2,(H,30,33). The summed E-state index contributed by atoms with van der Waals surface area (Å²) in [7, 11) is 0. The fourth-order valence-electron chi connectivity index (χ4n) is 4.49. The summed E-state index contributed by atoms with van der Waals surface area (Å²) in [6.07, 6.45) is 2.14. The number of fused-ring (bicyclic) bond motifs is 3. The SMILES string of the molecule is O=C(Cn1c(=O)n(CCc2ccccc2)c(=O)c2oc3ccccc3c21)NCCCc1ccccc1. The molecule has 2 heterocycles. The molecule has 5 aromatic rings. The van der Waals surface area contributed by atoms with E-state index in [1.54, 1.807) is 18.2 Å². The summed E-state index contributed by atoms with van der Waals surface area (Å²) < 4.78 is 8.40. The van der Waals surface area contributed by atoms with Crippen LogP contribution < -0.4 is 16.6 Å². The lowest BCUT2D eigenvalue weighted by Gasteiger charge is -2.12. The lowest BCUT2D eigenvalue weighted by atomic mass is 10.1. The smallest absolute Gasteiger partial charge is 0.332 e. The van der Waals surface area contributed by atoms with Gasteiger partial charge < -0.3 is 9.73 Å². The zero-order chi connectivity index (χ0) is 24.9. The number of rotatable bonds is 9. The Labute approximate surface area is 207 Å². The molecule has 0 atom stereocenters. The highest BCUT2D eigenvalue weighted by molar-refractivity contribution is 6.02. The van der Waals surface area contributed by atoms with E-state index in [-0.39, 0.29) is 24.6 Å². The quantitative estimate of drug-likeness (QED) is 0.324. The largest absolute Gasteiger partial charge is 0.449 e. The molecule has 0 unspecified atom stereocenters. The highest BCUT2D eigenvalue weighted by Gasteiger charge is 2.21. The molecule has 3 aromatic carbocycles. The number of benzene rings is 3. The highest BCUT2D eigenvalue weighted by Crippen LogP contribution is 2.25. The average molecular weight is 482 g/mol. The van der Waals surface area contributed by atoms with Gasteiger partial charge in [-0.3, -0.25) is 18.7 Å². The summed E-state index contributed by atoms with van der Waals surface area (Å²) in [6.45, 7) is 0.481. The molecule has 0 bridgehead atoms. The summed E-state index contributed by atoms with van der Waals surface area (Å²) in [4.78, 5) is 39.7. The summed E-state index contributed by atoms with van der Waals surface area (Å²) >= 11 is 0. The minimum absolute atomic E-state index is 0.0840. The Kier molecular flexibility index (Phi) is 6.80. The normalized spacial score (nSPS) is 11.2. The maximum Gasteiger partial charge on any atom is 0.332 e. The molecule has 36 heavy (non-hydrogen) atoms. The van der Waals surface area contributed by atoms with Gasteiger partial charge in [0.05, 0.1) is 0 Å². The molecule has 0 saturated carbocycles. The third-order valence-electron chi connectivity index (χ3n) is 6.32. The van der Waals surface area contributed by atoms with Crippen molar-refractivity contribution in [3.05, 3.63) is 117 Å². The van der Waals surface area contributed by atoms with Gasteiger partial charge in [-0.2, -0.15) is 0 Å². The molecule has 0 radical (unpaired) electrons. The van der Waals surface area contributed by atoms with Crippen LogP contribution in [0.5, 0.6) is 0 Å². The van der Waals surface area contributed by atoms with E-state index in [9.17, 15) is 14.4 Å². The topological polar surface area (TPSA) is 86.2 Å². The van der Waals surface area contributed by atoms with Gasteiger partial charge in [-0.1, -0.05) is 72.8 Å². The summed E-state index contributed by atoms with van der Waals surface area (Å²) in [6, 6.07) is 26.9. The van der Waals surface area contributed by atoms with Crippen LogP contribution in [0.4, 0.5) is 0 Å². The second-order valence-electron chi connectivity index (χ2n) is 8.78. The van der Waals surface area contributed by atoms with Crippen molar-refractivity contribution in [2.45, 2.75) is 32.4 Å². The Morgan fingerprint density at radius 1 is 0.778 bits per heavy atom. The summed E-state index contributed by atoms with van der Waals surface area (Å²) in [5.74, 6) is -0.287. The molecule has 7 nitrogen and oxygen atoms in total. The second kappa shape index (κ2) is 10.5. The molecule has 1 amide bonds. The molecule has 182 valence electrons. The predicted molar refractivity (Wildman–Crippen MR) is 140 cm³/mol. The first kappa shape index (κ1) is 23.4. The summed E-state index contributed by atoms with van der Waals surface area (Å²) in [5, 5.41) is 3.54. The van der Waals surface area contributed by atoms with Crippen LogP contribution in [-0.4, -0.2) is 21.6 Å². The van der Waals surface area contributed by atoms with Gasteiger partial charge in [0.15, 0.2) is 0 Å². The third kappa shape index (κ3) is 4.86. The Hall–Kier alpha value is -4.39. The molecule has 0 aliphatic rings. The van der Waals surface area contributed by atoms with Crippen LogP contribution >= 0.6 is 0 Å². The maximum absolute atomic E-state index is 13.5. The number of aromatic nitrogens is 2. The highest BCUT2D eigenvalue weighted by atomic mass is 16.3. The van der Waals surface area contributed by atoms with Crippen LogP contribution in [0.2, 0.25) is 0 Å². The molecule has 7 heteroatoms. The number of aryl methyl sites for hydroxylation is 2. The minimum Gasteiger partial charge on any atom is -0.449 e. The first-order valence-corrected chi connectivity index (χ1v) is 12.1. The van der Waals surface area contributed by atoms with Crippen molar-refractivity contribution in [2.24, 2.45) is 0 Å². The van der Waals surface area contributed by atoms with E-state index in [0.29, 0.717) is 29.5 Å². The first-order valence-electron chi connectivity index (χ1n) is 12.1. The van der Waals surface area contributed by atoms with Crippen LogP contribution in [0.1, 0.15) is 17.5 Å². The van der Waals surface area contributed by atoms with Crippen molar-refractivity contribution in [2.75, 3.05) is 6.54 Å². The van der Waals surface area contributed by atoms with Crippen LogP contribution in [-0.2, 0) is 30.7 Å². The Bertz CT molecular complexity index is 1620. The second-order valence-corrected chi connectivity index (χ2v) is 8.78. The van der Waals surface area contributed by atoms with E-state index in [0.717, 1.165) is 18.4 Å². The molecule has 2 aromatic heterocycles. The Morgan fingerprint density at radius 3 is 2.14 bits per heavy atom. The van der Waals surface area contributed by atoms with Gasteiger partial charge in [0.2, 0.25) is 11.5 Å². The molecular formula is C29H27N3O4. The van der Waals surface area contributed by atoms with E-state index in [4.69, 9.17) is 4.42 Å². The van der Waals surface area contributed by atoms with Crippen molar-refractivity contribution in [1.29, 1.82) is 0 Å². The van der Waals surface area contributed by atoms with Crippen LogP contribution in [0.25, 0.3) is 22.1 Å². The van der Waals surface area contributed by atoms with Crippen molar-refractivity contribution in [3.63, 3.8) is 0 Å². The monoisotopic (exact) mass is 481 g/mol. The van der Waals surface area contributed by atoms with E-state index in [2.05, 4.69) is 17.4 Å².